The molecule has 0 amide bonds. The number of fused-ring (bicyclic) bond motifs is 10. The molecule has 242 valence electrons. The minimum Gasteiger partial charge on any atom is -0.455 e. The maximum Gasteiger partial charge on any atom is 0.164 e. The monoisotopic (exact) mass is 665 g/mol. The Hall–Kier alpha value is -7.11. The predicted octanol–water partition coefficient (Wildman–Crippen LogP) is 12.6. The number of hydrogen-bond acceptors (Lipinski definition) is 5. The number of aromatic nitrogens is 3. The van der Waals surface area contributed by atoms with Gasteiger partial charge in [0, 0.05) is 54.4 Å². The second kappa shape index (κ2) is 11.2. The third-order valence-electron chi connectivity index (χ3n) is 10.1. The Bertz CT molecular complexity index is 3180. The molecule has 0 aliphatic rings. The minimum absolute atomic E-state index is 0.579. The molecule has 0 unspecified atom stereocenters. The van der Waals surface area contributed by atoms with E-state index in [1.807, 2.05) is 48.5 Å². The van der Waals surface area contributed by atoms with Crippen molar-refractivity contribution in [2.24, 2.45) is 0 Å². The highest BCUT2D eigenvalue weighted by molar-refractivity contribution is 6.25. The van der Waals surface area contributed by atoms with E-state index < -0.39 is 0 Å². The maximum atomic E-state index is 7.03. The van der Waals surface area contributed by atoms with E-state index in [4.69, 9.17) is 23.8 Å². The number of para-hydroxylation sites is 4. The van der Waals surface area contributed by atoms with Crippen LogP contribution in [0.4, 0.5) is 0 Å². The maximum absolute atomic E-state index is 7.03. The second-order valence-corrected chi connectivity index (χ2v) is 13.1. The van der Waals surface area contributed by atoms with E-state index in [0.717, 1.165) is 105 Å². The molecule has 0 aliphatic heterocycles. The number of pyridine rings is 1. The molecule has 11 aromatic rings. The highest BCUT2D eigenvalue weighted by atomic mass is 16.3. The number of benzene rings is 7. The van der Waals surface area contributed by atoms with Gasteiger partial charge in [0.25, 0.3) is 0 Å². The molecule has 0 saturated carbocycles. The van der Waals surface area contributed by atoms with Gasteiger partial charge in [-0.3, -0.25) is 0 Å². The van der Waals surface area contributed by atoms with Crippen LogP contribution in [-0.2, 0) is 0 Å². The highest BCUT2D eigenvalue weighted by Crippen LogP contribution is 2.43. The normalized spacial score (nSPS) is 11.8. The molecule has 5 heteroatoms. The summed E-state index contributed by atoms with van der Waals surface area (Å²) in [6.45, 7) is 0. The first-order valence-corrected chi connectivity index (χ1v) is 17.4. The van der Waals surface area contributed by atoms with Crippen LogP contribution in [0.1, 0.15) is 0 Å². The summed E-state index contributed by atoms with van der Waals surface area (Å²) >= 11 is 0. The van der Waals surface area contributed by atoms with Gasteiger partial charge in [-0.25, -0.2) is 15.0 Å². The average Bonchev–Trinajstić information content (AvgIpc) is 3.80. The van der Waals surface area contributed by atoms with Gasteiger partial charge >= 0.3 is 0 Å². The summed E-state index contributed by atoms with van der Waals surface area (Å²) in [6, 6.07) is 55.9. The molecule has 0 fully saturated rings. The van der Waals surface area contributed by atoms with Gasteiger partial charge in [0.15, 0.2) is 5.82 Å². The van der Waals surface area contributed by atoms with Crippen molar-refractivity contribution in [3.05, 3.63) is 164 Å². The smallest absolute Gasteiger partial charge is 0.164 e. The van der Waals surface area contributed by atoms with Gasteiger partial charge in [-0.2, -0.15) is 0 Å². The number of furan rings is 2. The zero-order valence-electron chi connectivity index (χ0n) is 27.7. The largest absolute Gasteiger partial charge is 0.455 e. The predicted molar refractivity (Wildman–Crippen MR) is 211 cm³/mol. The van der Waals surface area contributed by atoms with Crippen molar-refractivity contribution in [3.63, 3.8) is 0 Å². The van der Waals surface area contributed by atoms with Crippen molar-refractivity contribution >= 4 is 65.6 Å². The summed E-state index contributed by atoms with van der Waals surface area (Å²) in [5.74, 6) is 0.579. The molecule has 0 atom stereocenters. The van der Waals surface area contributed by atoms with E-state index >= 15 is 0 Å². The molecular formula is C47H27N3O2. The Kier molecular flexibility index (Phi) is 6.18. The summed E-state index contributed by atoms with van der Waals surface area (Å²) < 4.78 is 13.5. The molecule has 11 rings (SSSR count). The van der Waals surface area contributed by atoms with Crippen molar-refractivity contribution in [1.82, 2.24) is 15.0 Å². The summed E-state index contributed by atoms with van der Waals surface area (Å²) in [7, 11) is 0. The van der Waals surface area contributed by atoms with E-state index in [0.29, 0.717) is 5.82 Å². The fourth-order valence-electron chi connectivity index (χ4n) is 7.69. The molecule has 5 nitrogen and oxygen atoms in total. The topological polar surface area (TPSA) is 65.0 Å². The van der Waals surface area contributed by atoms with Crippen molar-refractivity contribution < 1.29 is 8.83 Å². The Labute approximate surface area is 297 Å². The Morgan fingerprint density at radius 3 is 1.79 bits per heavy atom. The molecule has 0 spiro atoms. The Balaban J connectivity index is 1.20. The van der Waals surface area contributed by atoms with Crippen LogP contribution in [0.15, 0.2) is 173 Å². The minimum atomic E-state index is 0.579. The van der Waals surface area contributed by atoms with Gasteiger partial charge in [-0.15, -0.1) is 0 Å². The van der Waals surface area contributed by atoms with Gasteiger partial charge in [-0.05, 0) is 36.4 Å². The van der Waals surface area contributed by atoms with E-state index in [2.05, 4.69) is 115 Å². The SMILES string of the molecule is c1ccc(-c2cc(-c3cccc4c3oc3ccccc34)nc(-c3cccc4c3oc3c4ccc4c(-c5ccccc5)nc5ccccc5c43)n2)cc1. The van der Waals surface area contributed by atoms with Crippen LogP contribution in [0, 0.1) is 0 Å². The van der Waals surface area contributed by atoms with Gasteiger partial charge < -0.3 is 8.83 Å². The fraction of sp³-hybridized carbons (Fsp3) is 0. The van der Waals surface area contributed by atoms with E-state index in [1.54, 1.807) is 0 Å². The fourth-order valence-corrected chi connectivity index (χ4v) is 7.69. The lowest BCUT2D eigenvalue weighted by molar-refractivity contribution is 0.670. The standard InChI is InChI=1S/C47H27N3O2/c1-3-13-28(14-4-1)39-27-40(35-21-11-19-31-30-17-8-10-24-41(30)51-44(31)35)50-47(49-39)37-22-12-20-32-33-25-26-36-42(46(33)52-45(32)37)34-18-7-9-23-38(34)48-43(36)29-15-5-2-6-16-29/h1-27H. The van der Waals surface area contributed by atoms with E-state index in [9.17, 15) is 0 Å². The molecule has 0 aliphatic carbocycles. The first kappa shape index (κ1) is 28.7. The van der Waals surface area contributed by atoms with Crippen LogP contribution in [0.25, 0.3) is 111 Å². The lowest BCUT2D eigenvalue weighted by Crippen LogP contribution is -1.96. The molecule has 0 radical (unpaired) electrons. The molecule has 0 N–H and O–H groups in total. The molecule has 0 bridgehead atoms. The molecule has 4 heterocycles. The van der Waals surface area contributed by atoms with Crippen LogP contribution in [-0.4, -0.2) is 15.0 Å². The number of hydrogen-bond donors (Lipinski definition) is 0. The van der Waals surface area contributed by atoms with Crippen molar-refractivity contribution in [1.29, 1.82) is 0 Å². The summed E-state index contributed by atoms with van der Waals surface area (Å²) in [4.78, 5) is 15.6. The quantitative estimate of drug-likeness (QED) is 0.175. The Morgan fingerprint density at radius 2 is 0.962 bits per heavy atom. The molecule has 0 saturated heterocycles. The Morgan fingerprint density at radius 1 is 0.365 bits per heavy atom. The first-order chi connectivity index (χ1) is 25.8. The zero-order valence-corrected chi connectivity index (χ0v) is 27.7. The van der Waals surface area contributed by atoms with Crippen molar-refractivity contribution in [2.75, 3.05) is 0 Å². The van der Waals surface area contributed by atoms with Crippen LogP contribution in [0.3, 0.4) is 0 Å². The van der Waals surface area contributed by atoms with Gasteiger partial charge in [-0.1, -0.05) is 127 Å². The molecule has 4 aromatic heterocycles. The first-order valence-electron chi connectivity index (χ1n) is 17.4. The van der Waals surface area contributed by atoms with Crippen LogP contribution < -0.4 is 0 Å². The zero-order chi connectivity index (χ0) is 34.2. The summed E-state index contributed by atoms with van der Waals surface area (Å²) in [6.07, 6.45) is 0. The number of rotatable bonds is 4. The summed E-state index contributed by atoms with van der Waals surface area (Å²) in [5, 5.41) is 7.30. The number of nitrogens with zero attached hydrogens (tertiary/aromatic N) is 3. The van der Waals surface area contributed by atoms with E-state index in [1.165, 1.54) is 0 Å². The van der Waals surface area contributed by atoms with Crippen LogP contribution in [0.5, 0.6) is 0 Å². The average molecular weight is 666 g/mol. The lowest BCUT2D eigenvalue weighted by Gasteiger charge is -2.10. The lowest BCUT2D eigenvalue weighted by atomic mass is 9.97. The third-order valence-corrected chi connectivity index (χ3v) is 10.1. The molecule has 52 heavy (non-hydrogen) atoms. The molecular weight excluding hydrogens is 639 g/mol. The molecule has 7 aromatic carbocycles. The van der Waals surface area contributed by atoms with Gasteiger partial charge in [0.05, 0.1) is 28.2 Å². The van der Waals surface area contributed by atoms with Gasteiger partial charge in [0.2, 0.25) is 0 Å². The second-order valence-electron chi connectivity index (χ2n) is 13.1. The van der Waals surface area contributed by atoms with Crippen LogP contribution in [0.2, 0.25) is 0 Å². The summed E-state index contributed by atoms with van der Waals surface area (Å²) in [5.41, 5.74) is 10.4. The van der Waals surface area contributed by atoms with Gasteiger partial charge in [0.1, 0.15) is 22.3 Å². The van der Waals surface area contributed by atoms with Crippen molar-refractivity contribution in [3.8, 4) is 45.2 Å². The van der Waals surface area contributed by atoms with E-state index in [-0.39, 0.29) is 0 Å². The third kappa shape index (κ3) is 4.33. The highest BCUT2D eigenvalue weighted by Gasteiger charge is 2.22. The van der Waals surface area contributed by atoms with Crippen LogP contribution >= 0.6 is 0 Å². The van der Waals surface area contributed by atoms with Crippen molar-refractivity contribution in [2.45, 2.75) is 0 Å².